The maximum Gasteiger partial charge on any atom is 0.416 e. The first-order chi connectivity index (χ1) is 19.2. The predicted octanol–water partition coefficient (Wildman–Crippen LogP) is 3.26. The smallest absolute Gasteiger partial charge is 0.382 e. The average Bonchev–Trinajstić information content (AvgIpc) is 3.55. The molecule has 1 aromatic carbocycles. The van der Waals surface area contributed by atoms with Crippen LogP contribution in [0, 0.1) is 5.41 Å². The van der Waals surface area contributed by atoms with Gasteiger partial charge >= 0.3 is 12.2 Å². The van der Waals surface area contributed by atoms with Crippen LogP contribution in [-0.2, 0) is 6.54 Å². The van der Waals surface area contributed by atoms with Crippen molar-refractivity contribution >= 4 is 29.4 Å². The molecule has 1 aliphatic rings. The number of amidine groups is 1. The molecule has 41 heavy (non-hydrogen) atoms. The first-order valence-electron chi connectivity index (χ1n) is 11.9. The molecule has 1 atom stereocenters. The minimum Gasteiger partial charge on any atom is -0.382 e. The molecule has 218 valence electrons. The zero-order valence-corrected chi connectivity index (χ0v) is 21.7. The van der Waals surface area contributed by atoms with Crippen molar-refractivity contribution in [2.45, 2.75) is 31.2 Å². The Hall–Kier alpha value is -4.18. The second kappa shape index (κ2) is 11.7. The lowest BCUT2D eigenvalue weighted by Gasteiger charge is -2.26. The summed E-state index contributed by atoms with van der Waals surface area (Å²) >= 11 is 5.81. The van der Waals surface area contributed by atoms with Gasteiger partial charge in [-0.3, -0.25) is 15.1 Å². The van der Waals surface area contributed by atoms with Crippen molar-refractivity contribution in [2.24, 2.45) is 0 Å². The van der Waals surface area contributed by atoms with Gasteiger partial charge in [0.15, 0.2) is 17.6 Å². The Kier molecular flexibility index (Phi) is 8.53. The van der Waals surface area contributed by atoms with Gasteiger partial charge in [0.1, 0.15) is 12.2 Å². The van der Waals surface area contributed by atoms with E-state index in [1.54, 1.807) is 0 Å². The standard InChI is InChI=1S/C24H22ClF5N8O3/c25-15-5-3-14(4-6-15)20(31)37(11-17(39)24(28,29)30)22(41)33-10-18-34-13-38(35-18)16-2-1-8-32-19(16)21(40)36-9-7-23(26,27)12-36/h1-6,8,13,17,31,39H,7,9-12H2,(H,33,41)/t17-/m1/s1. The zero-order chi connectivity index (χ0) is 29.9. The van der Waals surface area contributed by atoms with Gasteiger partial charge in [0.2, 0.25) is 0 Å². The van der Waals surface area contributed by atoms with E-state index in [-0.39, 0.29) is 29.3 Å². The lowest BCUT2D eigenvalue weighted by Crippen LogP contribution is -2.50. The van der Waals surface area contributed by atoms with Crippen molar-refractivity contribution < 1.29 is 36.6 Å². The minimum atomic E-state index is -5.05. The van der Waals surface area contributed by atoms with E-state index < -0.39 is 62.0 Å². The Balaban J connectivity index is 1.49. The molecule has 0 saturated carbocycles. The summed E-state index contributed by atoms with van der Waals surface area (Å²) < 4.78 is 67.5. The van der Waals surface area contributed by atoms with E-state index in [9.17, 15) is 36.6 Å². The molecule has 11 nitrogen and oxygen atoms in total. The lowest BCUT2D eigenvalue weighted by molar-refractivity contribution is -0.204. The van der Waals surface area contributed by atoms with Crippen LogP contribution in [0.2, 0.25) is 5.02 Å². The molecule has 1 aliphatic heterocycles. The zero-order valence-electron chi connectivity index (χ0n) is 20.9. The fraction of sp³-hybridized carbons (Fsp3) is 0.333. The number of halogens is 6. The fourth-order valence-electron chi connectivity index (χ4n) is 3.87. The molecule has 3 N–H and O–H groups in total. The molecule has 3 aromatic rings. The third-order valence-corrected chi connectivity index (χ3v) is 6.25. The van der Waals surface area contributed by atoms with Gasteiger partial charge in [0.05, 0.1) is 25.3 Å². The second-order valence-corrected chi connectivity index (χ2v) is 9.43. The van der Waals surface area contributed by atoms with Gasteiger partial charge in [-0.2, -0.15) is 13.2 Å². The predicted molar refractivity (Wildman–Crippen MR) is 134 cm³/mol. The molecular formula is C24H22ClF5N8O3. The largest absolute Gasteiger partial charge is 0.416 e. The Labute approximate surface area is 234 Å². The van der Waals surface area contributed by atoms with Crippen LogP contribution >= 0.6 is 11.6 Å². The van der Waals surface area contributed by atoms with Crippen LogP contribution in [0.15, 0.2) is 48.9 Å². The number of carbonyl (C=O) groups excluding carboxylic acids is 2. The molecule has 2 aromatic heterocycles. The number of pyridine rings is 1. The number of benzene rings is 1. The molecule has 3 heterocycles. The number of carbonyl (C=O) groups is 2. The van der Waals surface area contributed by atoms with Gasteiger partial charge in [0.25, 0.3) is 11.8 Å². The number of aliphatic hydroxyl groups is 1. The fourth-order valence-corrected chi connectivity index (χ4v) is 3.99. The molecule has 0 bridgehead atoms. The molecule has 17 heteroatoms. The normalized spacial score (nSPS) is 15.4. The highest BCUT2D eigenvalue weighted by atomic mass is 35.5. The number of aromatic nitrogens is 4. The van der Waals surface area contributed by atoms with Crippen LogP contribution in [0.25, 0.3) is 5.69 Å². The Morgan fingerprint density at radius 2 is 1.90 bits per heavy atom. The topological polar surface area (TPSA) is 140 Å². The Morgan fingerprint density at radius 3 is 2.54 bits per heavy atom. The summed E-state index contributed by atoms with van der Waals surface area (Å²) in [5.74, 6) is -4.41. The third kappa shape index (κ3) is 7.13. The summed E-state index contributed by atoms with van der Waals surface area (Å²) in [6.45, 7) is -2.59. The maximum absolute atomic E-state index is 13.6. The minimum absolute atomic E-state index is 0.0392. The molecule has 4 rings (SSSR count). The van der Waals surface area contributed by atoms with Gasteiger partial charge in [-0.15, -0.1) is 5.10 Å². The highest BCUT2D eigenvalue weighted by Crippen LogP contribution is 2.28. The van der Waals surface area contributed by atoms with Crippen LogP contribution in [0.4, 0.5) is 26.7 Å². The molecule has 0 unspecified atom stereocenters. The molecule has 0 radical (unpaired) electrons. The molecule has 0 aliphatic carbocycles. The van der Waals surface area contributed by atoms with Crippen molar-refractivity contribution in [3.8, 4) is 5.69 Å². The van der Waals surface area contributed by atoms with Crippen LogP contribution in [0.3, 0.4) is 0 Å². The van der Waals surface area contributed by atoms with Gasteiger partial charge in [-0.25, -0.2) is 28.2 Å². The van der Waals surface area contributed by atoms with Crippen LogP contribution in [0.1, 0.15) is 28.3 Å². The quantitative estimate of drug-likeness (QED) is 0.216. The van der Waals surface area contributed by atoms with Crippen molar-refractivity contribution in [1.82, 2.24) is 34.9 Å². The molecular weight excluding hydrogens is 579 g/mol. The van der Waals surface area contributed by atoms with Crippen molar-refractivity contribution in [3.05, 3.63) is 71.0 Å². The van der Waals surface area contributed by atoms with E-state index in [0.717, 1.165) is 9.58 Å². The number of amides is 3. The monoisotopic (exact) mass is 600 g/mol. The number of rotatable bonds is 7. The van der Waals surface area contributed by atoms with E-state index in [4.69, 9.17) is 17.0 Å². The number of urea groups is 1. The van der Waals surface area contributed by atoms with E-state index >= 15 is 0 Å². The van der Waals surface area contributed by atoms with Crippen molar-refractivity contribution in [1.29, 1.82) is 5.41 Å². The summed E-state index contributed by atoms with van der Waals surface area (Å²) in [5.41, 5.74) is 0.0255. The third-order valence-electron chi connectivity index (χ3n) is 6.00. The van der Waals surface area contributed by atoms with Gasteiger partial charge in [-0.05, 0) is 36.4 Å². The van der Waals surface area contributed by atoms with E-state index in [1.807, 2.05) is 0 Å². The first kappa shape index (κ1) is 29.8. The second-order valence-electron chi connectivity index (χ2n) is 8.99. The highest BCUT2D eigenvalue weighted by molar-refractivity contribution is 6.30. The van der Waals surface area contributed by atoms with Crippen LogP contribution < -0.4 is 5.32 Å². The number of hydrogen-bond acceptors (Lipinski definition) is 7. The highest BCUT2D eigenvalue weighted by Gasteiger charge is 2.42. The summed E-state index contributed by atoms with van der Waals surface area (Å²) in [5, 5.41) is 24.6. The summed E-state index contributed by atoms with van der Waals surface area (Å²) in [4.78, 5) is 35.1. The number of alkyl halides is 5. The van der Waals surface area contributed by atoms with E-state index in [0.29, 0.717) is 9.92 Å². The maximum atomic E-state index is 13.6. The number of likely N-dealkylation sites (tertiary alicyclic amines) is 1. The summed E-state index contributed by atoms with van der Waals surface area (Å²) in [6, 6.07) is 7.20. The number of aliphatic hydroxyl groups excluding tert-OH is 1. The lowest BCUT2D eigenvalue weighted by atomic mass is 10.2. The summed E-state index contributed by atoms with van der Waals surface area (Å²) in [6.07, 6.45) is -5.98. The first-order valence-corrected chi connectivity index (χ1v) is 12.3. The Bertz CT molecular complexity index is 1430. The van der Waals surface area contributed by atoms with Crippen LogP contribution in [-0.4, -0.2) is 90.3 Å². The molecule has 3 amide bonds. The average molecular weight is 601 g/mol. The number of nitrogens with zero attached hydrogens (tertiary/aromatic N) is 6. The number of hydrogen-bond donors (Lipinski definition) is 3. The van der Waals surface area contributed by atoms with Crippen molar-refractivity contribution in [2.75, 3.05) is 19.6 Å². The van der Waals surface area contributed by atoms with Gasteiger partial charge < -0.3 is 15.3 Å². The van der Waals surface area contributed by atoms with Gasteiger partial charge in [0, 0.05) is 29.7 Å². The Morgan fingerprint density at radius 1 is 1.20 bits per heavy atom. The van der Waals surface area contributed by atoms with Gasteiger partial charge in [-0.1, -0.05) is 11.6 Å². The van der Waals surface area contributed by atoms with E-state index in [1.165, 1.54) is 48.9 Å². The van der Waals surface area contributed by atoms with E-state index in [2.05, 4.69) is 20.4 Å². The van der Waals surface area contributed by atoms with Crippen LogP contribution in [0.5, 0.6) is 0 Å². The molecule has 0 spiro atoms. The molecule has 1 saturated heterocycles. The van der Waals surface area contributed by atoms with Crippen molar-refractivity contribution in [3.63, 3.8) is 0 Å². The summed E-state index contributed by atoms with van der Waals surface area (Å²) in [7, 11) is 0. The number of nitrogens with one attached hydrogen (secondary N) is 2. The molecule has 1 fully saturated rings. The SMILES string of the molecule is N=C(c1ccc(Cl)cc1)N(C[C@@H](O)C(F)(F)F)C(=O)NCc1ncn(-c2cccnc2C(=O)N2CCC(F)(F)C2)n1.